The van der Waals surface area contributed by atoms with Crippen molar-refractivity contribution >= 4 is 17.6 Å². The molecule has 0 aliphatic carbocycles. The predicted molar refractivity (Wildman–Crippen MR) is 68.6 cm³/mol. The molecule has 8 nitrogen and oxygen atoms in total. The highest BCUT2D eigenvalue weighted by Gasteiger charge is 2.14. The average Bonchev–Trinajstić information content (AvgIpc) is 2.89. The van der Waals surface area contributed by atoms with Crippen molar-refractivity contribution in [2.24, 2.45) is 0 Å². The largest absolute Gasteiger partial charge is 0.497 e. The number of rotatable bonds is 5. The Morgan fingerprint density at radius 2 is 2.24 bits per heavy atom. The smallest absolute Gasteiger partial charge is 0.325 e. The van der Waals surface area contributed by atoms with Gasteiger partial charge in [0.1, 0.15) is 18.1 Å². The van der Waals surface area contributed by atoms with Gasteiger partial charge < -0.3 is 15.2 Å². The van der Waals surface area contributed by atoms with Crippen LogP contribution in [-0.4, -0.2) is 39.1 Å². The fraction of sp³-hybridized carbons (Fsp3) is 0.167. The first-order chi connectivity index (χ1) is 9.99. The number of benzene rings is 1. The van der Waals surface area contributed by atoms with Crippen LogP contribution in [-0.2, 0) is 11.3 Å². The number of anilines is 1. The summed E-state index contributed by atoms with van der Waals surface area (Å²) in [5.74, 6) is -2.09. The van der Waals surface area contributed by atoms with Gasteiger partial charge in [-0.2, -0.15) is 0 Å². The molecular formula is C12H11FN4O4. The molecule has 0 saturated carbocycles. The second-order valence-electron chi connectivity index (χ2n) is 4.00. The Labute approximate surface area is 118 Å². The van der Waals surface area contributed by atoms with Crippen LogP contribution >= 0.6 is 0 Å². The minimum absolute atomic E-state index is 0.0767. The summed E-state index contributed by atoms with van der Waals surface area (Å²) in [5.41, 5.74) is -0.203. The van der Waals surface area contributed by atoms with Crippen LogP contribution in [0.5, 0.6) is 5.75 Å². The molecule has 2 aromatic rings. The van der Waals surface area contributed by atoms with Crippen molar-refractivity contribution in [1.29, 1.82) is 0 Å². The summed E-state index contributed by atoms with van der Waals surface area (Å²) in [4.78, 5) is 22.4. The second kappa shape index (κ2) is 5.99. The fourth-order valence-corrected chi connectivity index (χ4v) is 1.53. The summed E-state index contributed by atoms with van der Waals surface area (Å²) < 4.78 is 19.5. The van der Waals surface area contributed by atoms with Crippen LogP contribution in [0.15, 0.2) is 24.4 Å². The van der Waals surface area contributed by atoms with Gasteiger partial charge in [-0.3, -0.25) is 9.59 Å². The van der Waals surface area contributed by atoms with Gasteiger partial charge in [0.2, 0.25) is 0 Å². The van der Waals surface area contributed by atoms with E-state index in [1.165, 1.54) is 19.2 Å². The van der Waals surface area contributed by atoms with Gasteiger partial charge >= 0.3 is 5.97 Å². The Hall–Kier alpha value is -2.97. The van der Waals surface area contributed by atoms with Crippen LogP contribution in [0.25, 0.3) is 0 Å². The number of carboxylic acid groups (broad SMARTS) is 1. The molecule has 21 heavy (non-hydrogen) atoms. The molecule has 0 radical (unpaired) electrons. The van der Waals surface area contributed by atoms with Gasteiger partial charge in [0, 0.05) is 6.07 Å². The van der Waals surface area contributed by atoms with Crippen LogP contribution < -0.4 is 10.1 Å². The molecule has 0 aliphatic heterocycles. The number of halogens is 1. The Balaban J connectivity index is 2.14. The van der Waals surface area contributed by atoms with E-state index in [4.69, 9.17) is 9.84 Å². The van der Waals surface area contributed by atoms with Crippen molar-refractivity contribution < 1.29 is 23.8 Å². The van der Waals surface area contributed by atoms with E-state index in [0.717, 1.165) is 16.9 Å². The average molecular weight is 294 g/mol. The van der Waals surface area contributed by atoms with Gasteiger partial charge in [-0.1, -0.05) is 5.21 Å². The molecule has 110 valence electrons. The van der Waals surface area contributed by atoms with E-state index in [9.17, 15) is 14.0 Å². The Bertz CT molecular complexity index is 686. The quantitative estimate of drug-likeness (QED) is 0.843. The van der Waals surface area contributed by atoms with Gasteiger partial charge in [-0.15, -0.1) is 5.10 Å². The molecule has 0 unspecified atom stereocenters. The summed E-state index contributed by atoms with van der Waals surface area (Å²) >= 11 is 0. The van der Waals surface area contributed by atoms with Crippen LogP contribution in [0.3, 0.4) is 0 Å². The van der Waals surface area contributed by atoms with Crippen LogP contribution in [0.1, 0.15) is 10.5 Å². The lowest BCUT2D eigenvalue weighted by atomic mass is 10.2. The van der Waals surface area contributed by atoms with Crippen molar-refractivity contribution in [2.45, 2.75) is 6.54 Å². The third-order valence-corrected chi connectivity index (χ3v) is 2.49. The number of carboxylic acids is 1. The highest BCUT2D eigenvalue weighted by atomic mass is 19.1. The molecule has 0 saturated heterocycles. The first-order valence-corrected chi connectivity index (χ1v) is 5.76. The van der Waals surface area contributed by atoms with Crippen LogP contribution in [0.2, 0.25) is 0 Å². The topological polar surface area (TPSA) is 106 Å². The zero-order valence-electron chi connectivity index (χ0n) is 10.9. The molecule has 1 aromatic carbocycles. The number of carbonyl (C=O) groups is 2. The number of hydrogen-bond acceptors (Lipinski definition) is 5. The summed E-state index contributed by atoms with van der Waals surface area (Å²) in [5, 5.41) is 17.9. The van der Waals surface area contributed by atoms with Gasteiger partial charge in [0.15, 0.2) is 5.69 Å². The van der Waals surface area contributed by atoms with E-state index in [2.05, 4.69) is 15.6 Å². The van der Waals surface area contributed by atoms with E-state index in [-0.39, 0.29) is 11.4 Å². The number of hydrogen-bond donors (Lipinski definition) is 2. The number of nitrogens with zero attached hydrogens (tertiary/aromatic N) is 3. The Morgan fingerprint density at radius 3 is 2.90 bits per heavy atom. The first kappa shape index (κ1) is 14.4. The lowest BCUT2D eigenvalue weighted by Gasteiger charge is -2.06. The van der Waals surface area contributed by atoms with Crippen molar-refractivity contribution in [2.75, 3.05) is 12.4 Å². The molecular weight excluding hydrogens is 283 g/mol. The van der Waals surface area contributed by atoms with E-state index in [1.54, 1.807) is 0 Å². The maximum atomic E-state index is 13.6. The van der Waals surface area contributed by atoms with Crippen LogP contribution in [0.4, 0.5) is 10.1 Å². The normalized spacial score (nSPS) is 10.2. The SMILES string of the molecule is COc1ccc(F)c(NC(=O)c2cn(CC(=O)O)nn2)c1. The number of aromatic nitrogens is 3. The number of aliphatic carboxylic acids is 1. The molecule has 0 spiro atoms. The van der Waals surface area contributed by atoms with E-state index >= 15 is 0 Å². The molecule has 1 heterocycles. The number of methoxy groups -OCH3 is 1. The van der Waals surface area contributed by atoms with Gasteiger partial charge in [0.05, 0.1) is 19.0 Å². The first-order valence-electron chi connectivity index (χ1n) is 5.76. The molecule has 0 bridgehead atoms. The van der Waals surface area contributed by atoms with E-state index < -0.39 is 24.2 Å². The van der Waals surface area contributed by atoms with Crippen molar-refractivity contribution in [3.63, 3.8) is 0 Å². The summed E-state index contributed by atoms with van der Waals surface area (Å²) in [6.07, 6.45) is 1.15. The minimum Gasteiger partial charge on any atom is -0.497 e. The lowest BCUT2D eigenvalue weighted by Crippen LogP contribution is -2.14. The maximum absolute atomic E-state index is 13.6. The molecule has 9 heteroatoms. The number of nitrogens with one attached hydrogen (secondary N) is 1. The van der Waals surface area contributed by atoms with Gasteiger partial charge in [-0.05, 0) is 12.1 Å². The second-order valence-corrected chi connectivity index (χ2v) is 4.00. The molecule has 0 aliphatic rings. The fourth-order valence-electron chi connectivity index (χ4n) is 1.53. The zero-order valence-corrected chi connectivity index (χ0v) is 10.9. The predicted octanol–water partition coefficient (Wildman–Crippen LogP) is 0.763. The van der Waals surface area contributed by atoms with Crippen molar-refractivity contribution in [3.8, 4) is 5.75 Å². The monoisotopic (exact) mass is 294 g/mol. The highest BCUT2D eigenvalue weighted by molar-refractivity contribution is 6.02. The third-order valence-electron chi connectivity index (χ3n) is 2.49. The summed E-state index contributed by atoms with van der Waals surface area (Å²) in [6, 6.07) is 3.87. The Morgan fingerprint density at radius 1 is 1.48 bits per heavy atom. The highest BCUT2D eigenvalue weighted by Crippen LogP contribution is 2.21. The van der Waals surface area contributed by atoms with Crippen molar-refractivity contribution in [3.05, 3.63) is 35.9 Å². The molecule has 0 atom stereocenters. The zero-order chi connectivity index (χ0) is 15.4. The van der Waals surface area contributed by atoms with E-state index in [1.807, 2.05) is 0 Å². The number of carbonyl (C=O) groups excluding carboxylic acids is 1. The van der Waals surface area contributed by atoms with Gasteiger partial charge in [-0.25, -0.2) is 9.07 Å². The van der Waals surface area contributed by atoms with Crippen molar-refractivity contribution in [1.82, 2.24) is 15.0 Å². The third kappa shape index (κ3) is 3.53. The lowest BCUT2D eigenvalue weighted by molar-refractivity contribution is -0.137. The Kier molecular flexibility index (Phi) is 4.12. The molecule has 1 amide bonds. The minimum atomic E-state index is -1.12. The standard InChI is InChI=1S/C12H11FN4O4/c1-21-7-2-3-8(13)9(4-7)14-12(20)10-5-17(16-15-10)6-11(18)19/h2-5H,6H2,1H3,(H,14,20)(H,18,19). The molecule has 2 rings (SSSR count). The molecule has 1 aromatic heterocycles. The summed E-state index contributed by atoms with van der Waals surface area (Å²) in [7, 11) is 1.41. The summed E-state index contributed by atoms with van der Waals surface area (Å²) in [6.45, 7) is -0.423. The number of ether oxygens (including phenoxy) is 1. The van der Waals surface area contributed by atoms with Crippen LogP contribution in [0, 0.1) is 5.82 Å². The number of amides is 1. The molecule has 2 N–H and O–H groups in total. The maximum Gasteiger partial charge on any atom is 0.325 e. The molecule has 0 fully saturated rings. The van der Waals surface area contributed by atoms with E-state index in [0.29, 0.717) is 5.75 Å². The van der Waals surface area contributed by atoms with Gasteiger partial charge in [0.25, 0.3) is 5.91 Å².